The van der Waals surface area contributed by atoms with Gasteiger partial charge in [0.05, 0.1) is 0 Å². The van der Waals surface area contributed by atoms with Crippen molar-refractivity contribution in [2.24, 2.45) is 0 Å². The Hall–Kier alpha value is -0.0400. The molecule has 0 spiro atoms. The molecular formula is C20H41N. The van der Waals surface area contributed by atoms with E-state index in [9.17, 15) is 0 Å². The summed E-state index contributed by atoms with van der Waals surface area (Å²) < 4.78 is 0. The summed E-state index contributed by atoms with van der Waals surface area (Å²) in [7, 11) is 0. The lowest BCUT2D eigenvalue weighted by Gasteiger charge is -2.27. The SMILES string of the molecule is CCCCCCCCC(CCCCCCC)N1CCCC1. The van der Waals surface area contributed by atoms with Gasteiger partial charge in [-0.05, 0) is 38.8 Å². The Morgan fingerprint density at radius 2 is 1.05 bits per heavy atom. The second-order valence-corrected chi connectivity index (χ2v) is 7.16. The van der Waals surface area contributed by atoms with E-state index in [1.165, 1.54) is 109 Å². The van der Waals surface area contributed by atoms with Crippen LogP contribution < -0.4 is 0 Å². The summed E-state index contributed by atoms with van der Waals surface area (Å²) in [6.45, 7) is 7.39. The Kier molecular flexibility index (Phi) is 12.3. The van der Waals surface area contributed by atoms with Crippen LogP contribution in [-0.2, 0) is 0 Å². The Balaban J connectivity index is 2.12. The van der Waals surface area contributed by atoms with E-state index in [2.05, 4.69) is 18.7 Å². The van der Waals surface area contributed by atoms with Crippen molar-refractivity contribution in [3.8, 4) is 0 Å². The predicted octanol–water partition coefficient (Wildman–Crippen LogP) is 6.56. The van der Waals surface area contributed by atoms with Gasteiger partial charge in [0.2, 0.25) is 0 Å². The summed E-state index contributed by atoms with van der Waals surface area (Å²) in [4.78, 5) is 2.81. The average molecular weight is 296 g/mol. The summed E-state index contributed by atoms with van der Waals surface area (Å²) >= 11 is 0. The minimum Gasteiger partial charge on any atom is -0.300 e. The summed E-state index contributed by atoms with van der Waals surface area (Å²) in [5.74, 6) is 0. The normalized spacial score (nSPS) is 17.4. The van der Waals surface area contributed by atoms with E-state index < -0.39 is 0 Å². The molecule has 1 atom stereocenters. The monoisotopic (exact) mass is 295 g/mol. The molecule has 0 N–H and O–H groups in total. The fourth-order valence-electron chi connectivity index (χ4n) is 3.76. The first-order valence-corrected chi connectivity index (χ1v) is 10.1. The molecule has 126 valence electrons. The first kappa shape index (κ1) is 19.0. The first-order valence-electron chi connectivity index (χ1n) is 10.1. The standard InChI is InChI=1S/C20H41N/c1-3-5-7-9-11-13-17-20(21-18-14-15-19-21)16-12-10-8-6-4-2/h20H,3-19H2,1-2H3. The van der Waals surface area contributed by atoms with Crippen LogP contribution in [0.1, 0.15) is 110 Å². The van der Waals surface area contributed by atoms with Gasteiger partial charge in [-0.3, -0.25) is 0 Å². The number of hydrogen-bond donors (Lipinski definition) is 0. The third kappa shape index (κ3) is 9.55. The molecule has 1 nitrogen and oxygen atoms in total. The van der Waals surface area contributed by atoms with Gasteiger partial charge < -0.3 is 4.90 Å². The van der Waals surface area contributed by atoms with Gasteiger partial charge in [-0.25, -0.2) is 0 Å². The second-order valence-electron chi connectivity index (χ2n) is 7.16. The molecule has 1 unspecified atom stereocenters. The van der Waals surface area contributed by atoms with Crippen LogP contribution in [-0.4, -0.2) is 24.0 Å². The summed E-state index contributed by atoms with van der Waals surface area (Å²) in [5, 5.41) is 0. The number of unbranched alkanes of at least 4 members (excludes halogenated alkanes) is 9. The lowest BCUT2D eigenvalue weighted by atomic mass is 9.99. The summed E-state index contributed by atoms with van der Waals surface area (Å²) in [5.41, 5.74) is 0. The highest BCUT2D eigenvalue weighted by Crippen LogP contribution is 2.22. The Morgan fingerprint density at radius 1 is 0.619 bits per heavy atom. The Morgan fingerprint density at radius 3 is 1.52 bits per heavy atom. The number of likely N-dealkylation sites (tertiary alicyclic amines) is 1. The van der Waals surface area contributed by atoms with Gasteiger partial charge in [-0.1, -0.05) is 84.5 Å². The average Bonchev–Trinajstić information content (AvgIpc) is 3.02. The molecule has 0 saturated carbocycles. The molecule has 1 aliphatic rings. The van der Waals surface area contributed by atoms with Gasteiger partial charge >= 0.3 is 0 Å². The van der Waals surface area contributed by atoms with Crippen molar-refractivity contribution in [3.63, 3.8) is 0 Å². The quantitative estimate of drug-likeness (QED) is 0.328. The Bertz CT molecular complexity index is 208. The molecule has 0 aliphatic carbocycles. The molecule has 0 aromatic rings. The molecule has 1 heterocycles. The predicted molar refractivity (Wildman–Crippen MR) is 96.0 cm³/mol. The minimum absolute atomic E-state index is 0.917. The van der Waals surface area contributed by atoms with Gasteiger partial charge in [-0.15, -0.1) is 0 Å². The van der Waals surface area contributed by atoms with E-state index >= 15 is 0 Å². The zero-order chi connectivity index (χ0) is 15.2. The lowest BCUT2D eigenvalue weighted by Crippen LogP contribution is -2.32. The van der Waals surface area contributed by atoms with Crippen molar-refractivity contribution < 1.29 is 0 Å². The minimum atomic E-state index is 0.917. The molecule has 0 aromatic heterocycles. The van der Waals surface area contributed by atoms with Crippen LogP contribution in [0.5, 0.6) is 0 Å². The van der Waals surface area contributed by atoms with E-state index in [0.29, 0.717) is 0 Å². The zero-order valence-electron chi connectivity index (χ0n) is 15.0. The topological polar surface area (TPSA) is 3.24 Å². The van der Waals surface area contributed by atoms with Crippen LogP contribution in [0.2, 0.25) is 0 Å². The second kappa shape index (κ2) is 13.6. The van der Waals surface area contributed by atoms with Crippen molar-refractivity contribution in [2.75, 3.05) is 13.1 Å². The molecule has 21 heavy (non-hydrogen) atoms. The maximum absolute atomic E-state index is 2.81. The van der Waals surface area contributed by atoms with Crippen molar-refractivity contribution in [3.05, 3.63) is 0 Å². The highest BCUT2D eigenvalue weighted by Gasteiger charge is 2.20. The van der Waals surface area contributed by atoms with Crippen LogP contribution in [0.25, 0.3) is 0 Å². The van der Waals surface area contributed by atoms with E-state index in [0.717, 1.165) is 6.04 Å². The fraction of sp³-hybridized carbons (Fsp3) is 1.00. The van der Waals surface area contributed by atoms with Crippen molar-refractivity contribution in [1.29, 1.82) is 0 Å². The molecule has 1 rings (SSSR count). The van der Waals surface area contributed by atoms with Crippen LogP contribution >= 0.6 is 0 Å². The van der Waals surface area contributed by atoms with Crippen LogP contribution in [0.4, 0.5) is 0 Å². The van der Waals surface area contributed by atoms with Crippen LogP contribution in [0, 0.1) is 0 Å². The summed E-state index contributed by atoms with van der Waals surface area (Å²) in [6, 6.07) is 0.917. The lowest BCUT2D eigenvalue weighted by molar-refractivity contribution is 0.209. The molecule has 1 saturated heterocycles. The van der Waals surface area contributed by atoms with E-state index in [1.54, 1.807) is 0 Å². The van der Waals surface area contributed by atoms with Gasteiger partial charge in [0.25, 0.3) is 0 Å². The van der Waals surface area contributed by atoms with E-state index in [1.807, 2.05) is 0 Å². The third-order valence-corrected chi connectivity index (χ3v) is 5.19. The van der Waals surface area contributed by atoms with Gasteiger partial charge in [0.1, 0.15) is 0 Å². The molecule has 1 heteroatoms. The maximum Gasteiger partial charge on any atom is 0.00952 e. The van der Waals surface area contributed by atoms with Crippen molar-refractivity contribution in [2.45, 2.75) is 116 Å². The van der Waals surface area contributed by atoms with E-state index in [4.69, 9.17) is 0 Å². The molecular weight excluding hydrogens is 254 g/mol. The van der Waals surface area contributed by atoms with Crippen LogP contribution in [0.3, 0.4) is 0 Å². The van der Waals surface area contributed by atoms with Crippen molar-refractivity contribution in [1.82, 2.24) is 4.90 Å². The molecule has 0 bridgehead atoms. The largest absolute Gasteiger partial charge is 0.300 e. The number of hydrogen-bond acceptors (Lipinski definition) is 1. The zero-order valence-corrected chi connectivity index (χ0v) is 15.0. The molecule has 0 aromatic carbocycles. The fourth-order valence-corrected chi connectivity index (χ4v) is 3.76. The maximum atomic E-state index is 2.81. The number of rotatable bonds is 14. The molecule has 1 aliphatic heterocycles. The van der Waals surface area contributed by atoms with Gasteiger partial charge in [-0.2, -0.15) is 0 Å². The van der Waals surface area contributed by atoms with E-state index in [-0.39, 0.29) is 0 Å². The first-order chi connectivity index (χ1) is 10.4. The smallest absolute Gasteiger partial charge is 0.00952 e. The van der Waals surface area contributed by atoms with Gasteiger partial charge in [0, 0.05) is 6.04 Å². The van der Waals surface area contributed by atoms with Crippen LogP contribution in [0.15, 0.2) is 0 Å². The number of nitrogens with zero attached hydrogens (tertiary/aromatic N) is 1. The van der Waals surface area contributed by atoms with Crippen molar-refractivity contribution >= 4 is 0 Å². The highest BCUT2D eigenvalue weighted by molar-refractivity contribution is 4.76. The Labute approximate surface area is 134 Å². The molecule has 0 radical (unpaired) electrons. The van der Waals surface area contributed by atoms with Gasteiger partial charge in [0.15, 0.2) is 0 Å². The molecule has 1 fully saturated rings. The summed E-state index contributed by atoms with van der Waals surface area (Å²) in [6.07, 6.45) is 21.7. The molecule has 0 amide bonds. The highest BCUT2D eigenvalue weighted by atomic mass is 15.2. The third-order valence-electron chi connectivity index (χ3n) is 5.19.